The third-order valence-electron chi connectivity index (χ3n) is 4.55. The summed E-state index contributed by atoms with van der Waals surface area (Å²) in [6.07, 6.45) is 0.226. The number of carbonyl (C=O) groups is 1. The van der Waals surface area contributed by atoms with E-state index in [1.807, 2.05) is 23.8 Å². The molecule has 136 valence electrons. The molecular formula is C21H24N2O2S. The Balaban J connectivity index is 1.61. The summed E-state index contributed by atoms with van der Waals surface area (Å²) in [6, 6.07) is 10.4. The highest BCUT2D eigenvalue weighted by atomic mass is 32.1. The van der Waals surface area contributed by atoms with Crippen molar-refractivity contribution in [3.05, 3.63) is 63.7 Å². The number of thiophene rings is 1. The van der Waals surface area contributed by atoms with Crippen LogP contribution in [0.3, 0.4) is 0 Å². The van der Waals surface area contributed by atoms with Crippen molar-refractivity contribution < 1.29 is 9.21 Å². The number of nitrogens with zero attached hydrogens (tertiary/aromatic N) is 1. The van der Waals surface area contributed by atoms with Gasteiger partial charge in [-0.2, -0.15) is 11.3 Å². The van der Waals surface area contributed by atoms with Gasteiger partial charge in [-0.25, -0.2) is 4.98 Å². The number of oxazole rings is 1. The molecule has 1 N–H and O–H groups in total. The van der Waals surface area contributed by atoms with Crippen LogP contribution in [0.15, 0.2) is 45.5 Å². The first kappa shape index (κ1) is 18.4. The number of aryl methyl sites for hydroxylation is 2. The third-order valence-corrected chi connectivity index (χ3v) is 5.23. The van der Waals surface area contributed by atoms with E-state index in [1.165, 1.54) is 11.1 Å². The number of amides is 1. The maximum Gasteiger partial charge on any atom is 0.227 e. The summed E-state index contributed by atoms with van der Waals surface area (Å²) in [7, 11) is 0. The van der Waals surface area contributed by atoms with Gasteiger partial charge in [0.2, 0.25) is 11.8 Å². The van der Waals surface area contributed by atoms with Crippen LogP contribution in [-0.2, 0) is 16.6 Å². The molecule has 0 spiro atoms. The Morgan fingerprint density at radius 2 is 1.92 bits per heavy atom. The molecule has 26 heavy (non-hydrogen) atoms. The fourth-order valence-corrected chi connectivity index (χ4v) is 3.37. The number of aromatic nitrogens is 1. The standard InChI is InChI=1S/C21H24N2O2S/c1-14-5-7-17(8-6-14)21(3,4)13-22-19(24)11-18-15(2)25-20(23-18)16-9-10-26-12-16/h5-10,12H,11,13H2,1-4H3,(H,22,24). The minimum absolute atomic E-state index is 0.0431. The van der Waals surface area contributed by atoms with E-state index in [0.29, 0.717) is 23.9 Å². The van der Waals surface area contributed by atoms with Gasteiger partial charge in [0.25, 0.3) is 0 Å². The first-order valence-corrected chi connectivity index (χ1v) is 9.62. The van der Waals surface area contributed by atoms with Crippen molar-refractivity contribution in [2.75, 3.05) is 6.54 Å². The molecule has 1 aromatic carbocycles. The fourth-order valence-electron chi connectivity index (χ4n) is 2.74. The number of hydrogen-bond donors (Lipinski definition) is 1. The zero-order chi connectivity index (χ0) is 18.7. The Bertz CT molecular complexity index is 877. The van der Waals surface area contributed by atoms with Gasteiger partial charge in [0, 0.05) is 22.9 Å². The molecule has 0 aliphatic carbocycles. The quantitative estimate of drug-likeness (QED) is 0.689. The normalized spacial score (nSPS) is 11.5. The lowest BCUT2D eigenvalue weighted by atomic mass is 9.84. The molecule has 1 amide bonds. The Morgan fingerprint density at radius 1 is 1.19 bits per heavy atom. The van der Waals surface area contributed by atoms with Gasteiger partial charge in [0.15, 0.2) is 0 Å². The van der Waals surface area contributed by atoms with Gasteiger partial charge in [-0.3, -0.25) is 4.79 Å². The molecule has 0 fully saturated rings. The van der Waals surface area contributed by atoms with Crippen molar-refractivity contribution in [1.82, 2.24) is 10.3 Å². The Morgan fingerprint density at radius 3 is 2.58 bits per heavy atom. The smallest absolute Gasteiger partial charge is 0.227 e. The van der Waals surface area contributed by atoms with Gasteiger partial charge >= 0.3 is 0 Å². The first-order chi connectivity index (χ1) is 12.3. The van der Waals surface area contributed by atoms with Gasteiger partial charge in [-0.1, -0.05) is 43.7 Å². The van der Waals surface area contributed by atoms with E-state index in [2.05, 4.69) is 55.3 Å². The van der Waals surface area contributed by atoms with E-state index in [1.54, 1.807) is 11.3 Å². The highest BCUT2D eigenvalue weighted by Crippen LogP contribution is 2.25. The predicted molar refractivity (Wildman–Crippen MR) is 105 cm³/mol. The molecule has 0 radical (unpaired) electrons. The van der Waals surface area contributed by atoms with Crippen LogP contribution in [0.25, 0.3) is 11.5 Å². The largest absolute Gasteiger partial charge is 0.441 e. The maximum absolute atomic E-state index is 12.4. The molecular weight excluding hydrogens is 344 g/mol. The van der Waals surface area contributed by atoms with Crippen molar-refractivity contribution in [3.63, 3.8) is 0 Å². The second kappa shape index (κ2) is 7.46. The molecule has 0 atom stereocenters. The van der Waals surface area contributed by atoms with E-state index in [0.717, 1.165) is 5.56 Å². The van der Waals surface area contributed by atoms with E-state index in [-0.39, 0.29) is 17.7 Å². The van der Waals surface area contributed by atoms with E-state index in [9.17, 15) is 4.79 Å². The molecule has 0 aliphatic heterocycles. The summed E-state index contributed by atoms with van der Waals surface area (Å²) in [4.78, 5) is 16.9. The molecule has 0 aliphatic rings. The molecule has 2 aromatic heterocycles. The number of hydrogen-bond acceptors (Lipinski definition) is 4. The van der Waals surface area contributed by atoms with Crippen LogP contribution in [0, 0.1) is 13.8 Å². The fraction of sp³-hybridized carbons (Fsp3) is 0.333. The van der Waals surface area contributed by atoms with Crippen LogP contribution in [0.4, 0.5) is 0 Å². The Hall–Kier alpha value is -2.40. The molecule has 0 saturated heterocycles. The lowest BCUT2D eigenvalue weighted by molar-refractivity contribution is -0.120. The molecule has 3 aromatic rings. The van der Waals surface area contributed by atoms with Gasteiger partial charge in [-0.05, 0) is 30.9 Å². The third kappa shape index (κ3) is 4.22. The molecule has 0 saturated carbocycles. The minimum atomic E-state index is -0.135. The first-order valence-electron chi connectivity index (χ1n) is 8.68. The summed E-state index contributed by atoms with van der Waals surface area (Å²) in [5.74, 6) is 1.23. The number of nitrogens with one attached hydrogen (secondary N) is 1. The van der Waals surface area contributed by atoms with Crippen molar-refractivity contribution >= 4 is 17.2 Å². The van der Waals surface area contributed by atoms with Crippen molar-refractivity contribution in [2.45, 2.75) is 39.5 Å². The van der Waals surface area contributed by atoms with Gasteiger partial charge < -0.3 is 9.73 Å². The Labute approximate surface area is 158 Å². The Kier molecular flexibility index (Phi) is 5.28. The minimum Gasteiger partial charge on any atom is -0.441 e. The lowest BCUT2D eigenvalue weighted by Gasteiger charge is -2.25. The highest BCUT2D eigenvalue weighted by molar-refractivity contribution is 7.08. The summed E-state index contributed by atoms with van der Waals surface area (Å²) in [5, 5.41) is 7.00. The molecule has 5 heteroatoms. The SMILES string of the molecule is Cc1ccc(C(C)(C)CNC(=O)Cc2nc(-c3ccsc3)oc2C)cc1. The summed E-state index contributed by atoms with van der Waals surface area (Å²) in [5.41, 5.74) is 3.95. The average Bonchev–Trinajstić information content (AvgIpc) is 3.24. The topological polar surface area (TPSA) is 55.1 Å². The zero-order valence-corrected chi connectivity index (χ0v) is 16.4. The van der Waals surface area contributed by atoms with E-state index >= 15 is 0 Å². The van der Waals surface area contributed by atoms with E-state index < -0.39 is 0 Å². The predicted octanol–water partition coefficient (Wildman–Crippen LogP) is 4.66. The van der Waals surface area contributed by atoms with Crippen molar-refractivity contribution in [2.24, 2.45) is 0 Å². The lowest BCUT2D eigenvalue weighted by Crippen LogP contribution is -2.37. The van der Waals surface area contributed by atoms with Gasteiger partial charge in [-0.15, -0.1) is 0 Å². The monoisotopic (exact) mass is 368 g/mol. The molecule has 0 bridgehead atoms. The van der Waals surface area contributed by atoms with Crippen LogP contribution < -0.4 is 5.32 Å². The van der Waals surface area contributed by atoms with E-state index in [4.69, 9.17) is 4.42 Å². The molecule has 4 nitrogen and oxygen atoms in total. The van der Waals surface area contributed by atoms with Crippen LogP contribution in [0.5, 0.6) is 0 Å². The number of carbonyl (C=O) groups excluding carboxylic acids is 1. The van der Waals surface area contributed by atoms with Gasteiger partial charge in [0.1, 0.15) is 5.76 Å². The number of rotatable bonds is 6. The molecule has 3 rings (SSSR count). The second-order valence-electron chi connectivity index (χ2n) is 7.24. The van der Waals surface area contributed by atoms with Gasteiger partial charge in [0.05, 0.1) is 12.1 Å². The summed E-state index contributed by atoms with van der Waals surface area (Å²) >= 11 is 1.59. The second-order valence-corrected chi connectivity index (χ2v) is 8.02. The molecule has 0 unspecified atom stereocenters. The zero-order valence-electron chi connectivity index (χ0n) is 15.6. The maximum atomic E-state index is 12.4. The van der Waals surface area contributed by atoms with Crippen LogP contribution in [-0.4, -0.2) is 17.4 Å². The summed E-state index contributed by atoms with van der Waals surface area (Å²) < 4.78 is 5.70. The van der Waals surface area contributed by atoms with Crippen LogP contribution in [0.1, 0.15) is 36.4 Å². The molecule has 2 heterocycles. The van der Waals surface area contributed by atoms with Crippen LogP contribution in [0.2, 0.25) is 0 Å². The van der Waals surface area contributed by atoms with Crippen molar-refractivity contribution in [3.8, 4) is 11.5 Å². The average molecular weight is 369 g/mol. The summed E-state index contributed by atoms with van der Waals surface area (Å²) in [6.45, 7) is 8.76. The van der Waals surface area contributed by atoms with Crippen molar-refractivity contribution in [1.29, 1.82) is 0 Å². The highest BCUT2D eigenvalue weighted by Gasteiger charge is 2.22. The van der Waals surface area contributed by atoms with Crippen LogP contribution >= 0.6 is 11.3 Å². The number of benzene rings is 1.